The molecule has 2 bridgehead atoms. The van der Waals surface area contributed by atoms with E-state index in [0.29, 0.717) is 0 Å². The Hall–Kier alpha value is -3.90. The Morgan fingerprint density at radius 1 is 0.400 bits per heavy atom. The summed E-state index contributed by atoms with van der Waals surface area (Å²) in [6.07, 6.45) is 13.0. The molecule has 0 aliphatic heterocycles. The van der Waals surface area contributed by atoms with Crippen LogP contribution in [-0.2, 0) is 12.8 Å². The molecule has 0 heterocycles. The number of aryl methyl sites for hydroxylation is 1. The highest BCUT2D eigenvalue weighted by Crippen LogP contribution is 2.56. The standard InChI is InChI=1S/C40H36/c1-2-4-6-11-23-33-34(27-16-9-7-10-17-27)26-30(20-8-5-3-1)37-38(33)36-25-28-18-12-14-21-31(28)35-24-29-19-13-15-22-32(29)40(37)39(35)36/h7,9-10,12-19,21-22,24-26H,1-6,8,11,20,23H2. The molecule has 0 nitrogen and oxygen atoms in total. The van der Waals surface area contributed by atoms with E-state index in [9.17, 15) is 0 Å². The molecule has 40 heavy (non-hydrogen) atoms. The molecule has 0 amide bonds. The summed E-state index contributed by atoms with van der Waals surface area (Å²) in [4.78, 5) is 0. The third-order valence-corrected chi connectivity index (χ3v) is 9.61. The predicted molar refractivity (Wildman–Crippen MR) is 173 cm³/mol. The zero-order valence-electron chi connectivity index (χ0n) is 23.3. The van der Waals surface area contributed by atoms with Gasteiger partial charge in [0.1, 0.15) is 0 Å². The van der Waals surface area contributed by atoms with Crippen LogP contribution < -0.4 is 0 Å². The summed E-state index contributed by atoms with van der Waals surface area (Å²) in [7, 11) is 0. The Balaban J connectivity index is 1.53. The fourth-order valence-electron chi connectivity index (χ4n) is 7.76. The molecule has 6 aromatic rings. The second kappa shape index (κ2) is 9.93. The van der Waals surface area contributed by atoms with Crippen LogP contribution in [0, 0.1) is 0 Å². The summed E-state index contributed by atoms with van der Waals surface area (Å²) in [5.74, 6) is 0. The molecule has 2 aliphatic rings. The van der Waals surface area contributed by atoms with Crippen molar-refractivity contribution in [3.05, 3.63) is 108 Å². The number of fused-ring (bicyclic) bond motifs is 4. The zero-order chi connectivity index (χ0) is 26.5. The van der Waals surface area contributed by atoms with Gasteiger partial charge < -0.3 is 0 Å². The molecule has 0 N–H and O–H groups in total. The third kappa shape index (κ3) is 3.80. The summed E-state index contributed by atoms with van der Waals surface area (Å²) in [5.41, 5.74) is 12.0. The Kier molecular flexibility index (Phi) is 5.95. The minimum atomic E-state index is 1.15. The van der Waals surface area contributed by atoms with Crippen molar-refractivity contribution in [1.82, 2.24) is 0 Å². The van der Waals surface area contributed by atoms with Gasteiger partial charge in [0.05, 0.1) is 0 Å². The van der Waals surface area contributed by atoms with Crippen molar-refractivity contribution in [2.45, 2.75) is 64.2 Å². The topological polar surface area (TPSA) is 0 Å². The van der Waals surface area contributed by atoms with E-state index in [4.69, 9.17) is 0 Å². The van der Waals surface area contributed by atoms with Gasteiger partial charge in [0, 0.05) is 0 Å². The number of hydrogen-bond acceptors (Lipinski definition) is 0. The van der Waals surface area contributed by atoms with Crippen LogP contribution in [0.15, 0.2) is 97.1 Å². The summed E-state index contributed by atoms with van der Waals surface area (Å²) < 4.78 is 0. The Morgan fingerprint density at radius 2 is 1.02 bits per heavy atom. The van der Waals surface area contributed by atoms with Gasteiger partial charge in [-0.2, -0.15) is 0 Å². The average Bonchev–Trinajstić information content (AvgIpc) is 3.35. The third-order valence-electron chi connectivity index (χ3n) is 9.61. The quantitative estimate of drug-likeness (QED) is 0.150. The molecule has 196 valence electrons. The normalized spacial score (nSPS) is 15.5. The Morgan fingerprint density at radius 3 is 1.80 bits per heavy atom. The van der Waals surface area contributed by atoms with Crippen LogP contribution >= 0.6 is 0 Å². The summed E-state index contributed by atoms with van der Waals surface area (Å²) in [6, 6.07) is 37.0. The van der Waals surface area contributed by atoms with Crippen LogP contribution in [0.1, 0.15) is 62.5 Å². The van der Waals surface area contributed by atoms with Crippen molar-refractivity contribution < 1.29 is 0 Å². The predicted octanol–water partition coefficient (Wildman–Crippen LogP) is 11.7. The molecule has 8 rings (SSSR count). The van der Waals surface area contributed by atoms with E-state index < -0.39 is 0 Å². The van der Waals surface area contributed by atoms with Crippen molar-refractivity contribution in [2.75, 3.05) is 0 Å². The molecule has 2 aliphatic carbocycles. The van der Waals surface area contributed by atoms with E-state index in [0.717, 1.165) is 12.8 Å². The molecule has 0 fully saturated rings. The monoisotopic (exact) mass is 516 g/mol. The smallest absolute Gasteiger partial charge is 0.00112 e. The lowest BCUT2D eigenvalue weighted by Gasteiger charge is -2.21. The van der Waals surface area contributed by atoms with E-state index in [1.807, 2.05) is 0 Å². The number of hydrogen-bond donors (Lipinski definition) is 0. The maximum absolute atomic E-state index is 2.61. The minimum absolute atomic E-state index is 1.15. The highest BCUT2D eigenvalue weighted by molar-refractivity contribution is 6.30. The highest BCUT2D eigenvalue weighted by atomic mass is 14.3. The summed E-state index contributed by atoms with van der Waals surface area (Å²) >= 11 is 0. The van der Waals surface area contributed by atoms with Crippen molar-refractivity contribution in [3.8, 4) is 33.4 Å². The molecule has 0 atom stereocenters. The highest BCUT2D eigenvalue weighted by Gasteiger charge is 2.31. The van der Waals surface area contributed by atoms with Gasteiger partial charge in [0.2, 0.25) is 0 Å². The van der Waals surface area contributed by atoms with Gasteiger partial charge in [-0.1, -0.05) is 123 Å². The van der Waals surface area contributed by atoms with Crippen LogP contribution in [0.25, 0.3) is 65.7 Å². The van der Waals surface area contributed by atoms with Crippen molar-refractivity contribution >= 4 is 32.3 Å². The van der Waals surface area contributed by atoms with Gasteiger partial charge in [-0.15, -0.1) is 0 Å². The first-order valence-corrected chi connectivity index (χ1v) is 15.5. The van der Waals surface area contributed by atoms with Crippen LogP contribution in [0.4, 0.5) is 0 Å². The molecular formula is C40H36. The fourth-order valence-corrected chi connectivity index (χ4v) is 7.76. The molecule has 0 aromatic heterocycles. The maximum atomic E-state index is 2.61. The van der Waals surface area contributed by atoms with Gasteiger partial charge in [-0.05, 0) is 115 Å². The van der Waals surface area contributed by atoms with Crippen LogP contribution in [-0.4, -0.2) is 0 Å². The SMILES string of the molecule is c1ccc(-c2cc3c4c(c2CCCCCCCCCC3)-c2cc3ccccc3c3cc5ccccc5c-4c23)cc1. The first-order valence-electron chi connectivity index (χ1n) is 15.5. The van der Waals surface area contributed by atoms with E-state index in [-0.39, 0.29) is 0 Å². The first-order chi connectivity index (χ1) is 19.9. The van der Waals surface area contributed by atoms with E-state index in [1.165, 1.54) is 112 Å². The molecule has 0 radical (unpaired) electrons. The summed E-state index contributed by atoms with van der Waals surface area (Å²) in [5, 5.41) is 8.38. The number of rotatable bonds is 1. The van der Waals surface area contributed by atoms with Crippen molar-refractivity contribution in [1.29, 1.82) is 0 Å². The van der Waals surface area contributed by atoms with E-state index in [1.54, 1.807) is 16.7 Å². The summed E-state index contributed by atoms with van der Waals surface area (Å²) in [6.45, 7) is 0. The second-order valence-electron chi connectivity index (χ2n) is 12.0. The van der Waals surface area contributed by atoms with Gasteiger partial charge in [0.25, 0.3) is 0 Å². The molecule has 0 unspecified atom stereocenters. The zero-order valence-corrected chi connectivity index (χ0v) is 23.3. The average molecular weight is 517 g/mol. The maximum Gasteiger partial charge on any atom is -0.00112 e. The molecule has 0 spiro atoms. The first kappa shape index (κ1) is 23.9. The van der Waals surface area contributed by atoms with E-state index >= 15 is 0 Å². The Labute approximate surface area is 237 Å². The minimum Gasteiger partial charge on any atom is -0.0622 e. The van der Waals surface area contributed by atoms with Gasteiger partial charge >= 0.3 is 0 Å². The Bertz CT molecular complexity index is 1890. The largest absolute Gasteiger partial charge is 0.0622 e. The molecule has 0 heteroatoms. The van der Waals surface area contributed by atoms with Crippen LogP contribution in [0.3, 0.4) is 0 Å². The lowest BCUT2D eigenvalue weighted by Crippen LogP contribution is -2.01. The lowest BCUT2D eigenvalue weighted by molar-refractivity contribution is 0.566. The van der Waals surface area contributed by atoms with E-state index in [2.05, 4.69) is 97.1 Å². The van der Waals surface area contributed by atoms with Gasteiger partial charge in [-0.3, -0.25) is 0 Å². The number of benzene rings is 6. The van der Waals surface area contributed by atoms with Crippen molar-refractivity contribution in [2.24, 2.45) is 0 Å². The van der Waals surface area contributed by atoms with Crippen molar-refractivity contribution in [3.63, 3.8) is 0 Å². The van der Waals surface area contributed by atoms with Gasteiger partial charge in [0.15, 0.2) is 0 Å². The van der Waals surface area contributed by atoms with Crippen LogP contribution in [0.5, 0.6) is 0 Å². The second-order valence-corrected chi connectivity index (χ2v) is 12.0. The lowest BCUT2D eigenvalue weighted by atomic mass is 9.83. The van der Waals surface area contributed by atoms with Gasteiger partial charge in [-0.25, -0.2) is 0 Å². The molecule has 6 aromatic carbocycles. The molecule has 0 saturated carbocycles. The molecular weight excluding hydrogens is 480 g/mol. The fraction of sp³-hybridized carbons (Fsp3) is 0.250. The molecule has 0 saturated heterocycles. The van der Waals surface area contributed by atoms with Crippen LogP contribution in [0.2, 0.25) is 0 Å².